The number of hydrogen-bond donors (Lipinski definition) is 1. The molecule has 12 nitrogen and oxygen atoms in total. The van der Waals surface area contributed by atoms with Crippen LogP contribution in [0.5, 0.6) is 0 Å². The molecule has 6 atom stereocenters. The molecule has 0 amide bonds. The second-order valence-electron chi connectivity index (χ2n) is 8.94. The highest BCUT2D eigenvalue weighted by Gasteiger charge is 2.70. The fraction of sp³-hybridized carbons (Fsp3) is 0.778. The van der Waals surface area contributed by atoms with Gasteiger partial charge in [-0.1, -0.05) is 0 Å². The third kappa shape index (κ3) is 5.03. The van der Waals surface area contributed by atoms with Gasteiger partial charge >= 0.3 is 39.4 Å². The predicted octanol–water partition coefficient (Wildman–Crippen LogP) is 0.681. The molecule has 0 aromatic carbocycles. The van der Waals surface area contributed by atoms with Crippen molar-refractivity contribution in [3.05, 3.63) is 0 Å². The maximum absolute atomic E-state index is 13.2. The zero-order valence-corrected chi connectivity index (χ0v) is 18.5. The molecule has 33 heavy (non-hydrogen) atoms. The SMILES string of the molecule is CC(C)(C)OC(=O)COC(=O)C1C2CC3C(OC(=O)C31)C2OC(=O)OCC(F)(F)S(=O)(=O)O. The molecule has 2 saturated carbocycles. The van der Waals surface area contributed by atoms with E-state index in [4.69, 9.17) is 23.5 Å². The smallest absolute Gasteiger partial charge is 0.458 e. The van der Waals surface area contributed by atoms with Gasteiger partial charge in [0.15, 0.2) is 13.2 Å². The Morgan fingerprint density at radius 1 is 1.15 bits per heavy atom. The minimum Gasteiger partial charge on any atom is -0.458 e. The molecule has 2 aliphatic carbocycles. The lowest BCUT2D eigenvalue weighted by Crippen LogP contribution is -2.44. The molecule has 3 fully saturated rings. The zero-order valence-electron chi connectivity index (χ0n) is 17.7. The third-order valence-electron chi connectivity index (χ3n) is 5.54. The molecule has 0 aromatic heterocycles. The Balaban J connectivity index is 1.64. The first-order chi connectivity index (χ1) is 15.0. The standard InChI is InChI=1S/C18H22F2O12S/c1-17(2,3)32-9(21)5-28-14(22)10-7-4-8-11(10)15(23)30-12(8)13(7)31-16(24)29-6-18(19,20)33(25,26)27/h7-8,10-13H,4-6H2,1-3H3,(H,25,26,27). The van der Waals surface area contributed by atoms with Crippen LogP contribution in [0.15, 0.2) is 0 Å². The molecule has 0 radical (unpaired) electrons. The van der Waals surface area contributed by atoms with Crippen molar-refractivity contribution in [2.45, 2.75) is 50.3 Å². The van der Waals surface area contributed by atoms with E-state index in [-0.39, 0.29) is 6.42 Å². The fourth-order valence-corrected chi connectivity index (χ4v) is 4.64. The van der Waals surface area contributed by atoms with Gasteiger partial charge in [0.1, 0.15) is 17.8 Å². The summed E-state index contributed by atoms with van der Waals surface area (Å²) in [6.07, 6.45) is -3.69. The fourth-order valence-electron chi connectivity index (χ4n) is 4.43. The van der Waals surface area contributed by atoms with Crippen LogP contribution in [0.1, 0.15) is 27.2 Å². The second kappa shape index (κ2) is 8.34. The van der Waals surface area contributed by atoms with Crippen LogP contribution < -0.4 is 0 Å². The molecule has 2 bridgehead atoms. The van der Waals surface area contributed by atoms with Crippen LogP contribution in [0.3, 0.4) is 0 Å². The zero-order chi connectivity index (χ0) is 24.9. The number of carbonyl (C=O) groups is 4. The van der Waals surface area contributed by atoms with Gasteiger partial charge in [-0.15, -0.1) is 0 Å². The predicted molar refractivity (Wildman–Crippen MR) is 98.0 cm³/mol. The van der Waals surface area contributed by atoms with Gasteiger partial charge in [-0.3, -0.25) is 14.1 Å². The monoisotopic (exact) mass is 500 g/mol. The summed E-state index contributed by atoms with van der Waals surface area (Å²) in [5.41, 5.74) is -0.816. The van der Waals surface area contributed by atoms with E-state index in [9.17, 15) is 36.4 Å². The summed E-state index contributed by atoms with van der Waals surface area (Å²) in [6.45, 7) is 2.12. The summed E-state index contributed by atoms with van der Waals surface area (Å²) >= 11 is 0. The van der Waals surface area contributed by atoms with Gasteiger partial charge < -0.3 is 23.7 Å². The number of hydrogen-bond acceptors (Lipinski definition) is 11. The highest BCUT2D eigenvalue weighted by molar-refractivity contribution is 7.86. The quantitative estimate of drug-likeness (QED) is 0.295. The molecular weight excluding hydrogens is 478 g/mol. The molecule has 15 heteroatoms. The highest BCUT2D eigenvalue weighted by atomic mass is 32.2. The molecule has 186 valence electrons. The van der Waals surface area contributed by atoms with E-state index in [0.717, 1.165) is 0 Å². The first-order valence-corrected chi connectivity index (χ1v) is 11.2. The first kappa shape index (κ1) is 25.1. The summed E-state index contributed by atoms with van der Waals surface area (Å²) in [6, 6.07) is 0. The number of halogens is 2. The van der Waals surface area contributed by atoms with Crippen molar-refractivity contribution in [2.75, 3.05) is 13.2 Å². The van der Waals surface area contributed by atoms with E-state index in [1.807, 2.05) is 0 Å². The number of alkyl halides is 2. The number of esters is 3. The van der Waals surface area contributed by atoms with Crippen molar-refractivity contribution in [3.63, 3.8) is 0 Å². The van der Waals surface area contributed by atoms with Crippen molar-refractivity contribution in [1.82, 2.24) is 0 Å². The van der Waals surface area contributed by atoms with Gasteiger partial charge in [0.2, 0.25) is 0 Å². The van der Waals surface area contributed by atoms with E-state index in [1.165, 1.54) is 0 Å². The van der Waals surface area contributed by atoms with Gasteiger partial charge in [0.05, 0.1) is 11.8 Å². The average molecular weight is 500 g/mol. The molecule has 0 spiro atoms. The molecular formula is C18H22F2O12S. The van der Waals surface area contributed by atoms with Crippen molar-refractivity contribution < 1.29 is 64.6 Å². The van der Waals surface area contributed by atoms with Crippen LogP contribution in [-0.4, -0.2) is 73.3 Å². The Kier molecular flexibility index (Phi) is 6.34. The lowest BCUT2D eigenvalue weighted by molar-refractivity contribution is -0.170. The van der Waals surface area contributed by atoms with Crippen molar-refractivity contribution in [3.8, 4) is 0 Å². The van der Waals surface area contributed by atoms with Crippen LogP contribution in [0.2, 0.25) is 0 Å². The van der Waals surface area contributed by atoms with E-state index >= 15 is 0 Å². The van der Waals surface area contributed by atoms with E-state index < -0.39 is 94.1 Å². The molecule has 1 aliphatic heterocycles. The van der Waals surface area contributed by atoms with E-state index in [2.05, 4.69) is 4.74 Å². The molecule has 6 unspecified atom stereocenters. The number of rotatable bonds is 7. The van der Waals surface area contributed by atoms with Crippen molar-refractivity contribution in [2.24, 2.45) is 23.7 Å². The van der Waals surface area contributed by atoms with Gasteiger partial charge in [-0.25, -0.2) is 9.59 Å². The molecule has 3 aliphatic rings. The van der Waals surface area contributed by atoms with E-state index in [0.29, 0.717) is 0 Å². The van der Waals surface area contributed by atoms with Crippen molar-refractivity contribution >= 4 is 34.2 Å². The Labute approximate surface area is 186 Å². The van der Waals surface area contributed by atoms with Crippen LogP contribution in [0.4, 0.5) is 13.6 Å². The van der Waals surface area contributed by atoms with Gasteiger partial charge in [0, 0.05) is 11.8 Å². The largest absolute Gasteiger partial charge is 0.508 e. The summed E-state index contributed by atoms with van der Waals surface area (Å²) in [7, 11) is -5.83. The van der Waals surface area contributed by atoms with Crippen LogP contribution >= 0.6 is 0 Å². The number of ether oxygens (including phenoxy) is 5. The van der Waals surface area contributed by atoms with Gasteiger partial charge in [0.25, 0.3) is 0 Å². The molecule has 0 aromatic rings. The molecule has 1 heterocycles. The van der Waals surface area contributed by atoms with E-state index in [1.54, 1.807) is 20.8 Å². The minimum atomic E-state index is -5.83. The van der Waals surface area contributed by atoms with Crippen LogP contribution in [0, 0.1) is 23.7 Å². The normalized spacial score (nSPS) is 30.5. The lowest BCUT2D eigenvalue weighted by Gasteiger charge is -2.29. The molecule has 1 N–H and O–H groups in total. The summed E-state index contributed by atoms with van der Waals surface area (Å²) in [4.78, 5) is 48.5. The Bertz CT molecular complexity index is 956. The number of carbonyl (C=O) groups excluding carboxylic acids is 4. The summed E-state index contributed by atoms with van der Waals surface area (Å²) in [5, 5.41) is -4.76. The van der Waals surface area contributed by atoms with Crippen molar-refractivity contribution in [1.29, 1.82) is 0 Å². The average Bonchev–Trinajstić information content (AvgIpc) is 3.26. The highest BCUT2D eigenvalue weighted by Crippen LogP contribution is 2.59. The maximum Gasteiger partial charge on any atom is 0.508 e. The number of fused-ring (bicyclic) bond motifs is 1. The Morgan fingerprint density at radius 2 is 1.79 bits per heavy atom. The summed E-state index contributed by atoms with van der Waals surface area (Å²) in [5.74, 6) is -5.79. The second-order valence-corrected chi connectivity index (χ2v) is 10.5. The van der Waals surface area contributed by atoms with Gasteiger partial charge in [-0.05, 0) is 27.2 Å². The lowest BCUT2D eigenvalue weighted by atomic mass is 9.78. The topological polar surface area (TPSA) is 169 Å². The Hall–Kier alpha value is -2.55. The summed E-state index contributed by atoms with van der Waals surface area (Å²) < 4.78 is 80.3. The first-order valence-electron chi connectivity index (χ1n) is 9.79. The molecule has 3 rings (SSSR count). The van der Waals surface area contributed by atoms with Gasteiger partial charge in [-0.2, -0.15) is 17.2 Å². The maximum atomic E-state index is 13.2. The Morgan fingerprint density at radius 3 is 2.36 bits per heavy atom. The molecule has 1 saturated heterocycles. The van der Waals surface area contributed by atoms with Crippen LogP contribution in [-0.2, 0) is 48.2 Å². The third-order valence-corrected chi connectivity index (χ3v) is 6.41. The van der Waals surface area contributed by atoms with Crippen LogP contribution in [0.25, 0.3) is 0 Å². The minimum absolute atomic E-state index is 0.215.